The third kappa shape index (κ3) is 2.62. The van der Waals surface area contributed by atoms with Crippen molar-refractivity contribution in [1.29, 1.82) is 0 Å². The van der Waals surface area contributed by atoms with Gasteiger partial charge in [-0.3, -0.25) is 0 Å². The van der Waals surface area contributed by atoms with E-state index in [9.17, 15) is 0 Å². The van der Waals surface area contributed by atoms with Gasteiger partial charge in [0.2, 0.25) is 0 Å². The molecular weight excluding hydrogens is 232 g/mol. The summed E-state index contributed by atoms with van der Waals surface area (Å²) in [6.45, 7) is 0. The van der Waals surface area contributed by atoms with Crippen LogP contribution in [0.3, 0.4) is 0 Å². The molecule has 2 aromatic rings. The lowest BCUT2D eigenvalue weighted by molar-refractivity contribution is 0.414. The van der Waals surface area contributed by atoms with Gasteiger partial charge in [0.15, 0.2) is 0 Å². The van der Waals surface area contributed by atoms with E-state index in [2.05, 4.69) is 30.4 Å². The molecule has 0 spiro atoms. The van der Waals surface area contributed by atoms with Gasteiger partial charge in [0, 0.05) is 11.4 Å². The van der Waals surface area contributed by atoms with Gasteiger partial charge < -0.3 is 4.74 Å². The van der Waals surface area contributed by atoms with E-state index in [0.29, 0.717) is 5.88 Å². The summed E-state index contributed by atoms with van der Waals surface area (Å²) in [6.07, 6.45) is 5.04. The quantitative estimate of drug-likeness (QED) is 0.723. The summed E-state index contributed by atoms with van der Waals surface area (Å²) < 4.78 is 5.40. The molecule has 88 valence electrons. The number of hydrogen-bond donors (Lipinski definition) is 0. The normalized spacial score (nSPS) is 11.2. The van der Waals surface area contributed by atoms with Crippen molar-refractivity contribution < 1.29 is 4.74 Å². The topological polar surface area (TPSA) is 9.23 Å². The molecule has 17 heavy (non-hydrogen) atoms. The molecule has 0 atom stereocenters. The molecule has 2 aromatic carbocycles. The molecule has 0 amide bonds. The van der Waals surface area contributed by atoms with Crippen LogP contribution in [0.5, 0.6) is 5.75 Å². The monoisotopic (exact) mass is 246 g/mol. The lowest BCUT2D eigenvalue weighted by Crippen LogP contribution is -1.88. The van der Waals surface area contributed by atoms with Crippen LogP contribution in [0.2, 0.25) is 0 Å². The predicted molar refractivity (Wildman–Crippen MR) is 74.9 cm³/mol. The Kier molecular flexibility index (Phi) is 4.05. The van der Waals surface area contributed by atoms with Crippen molar-refractivity contribution in [3.8, 4) is 5.75 Å². The first kappa shape index (κ1) is 12.0. The average Bonchev–Trinajstić information content (AvgIpc) is 2.39. The number of rotatable bonds is 4. The molecule has 2 rings (SSSR count). The maximum atomic E-state index is 5.68. The Labute approximate surface area is 107 Å². The third-order valence-electron chi connectivity index (χ3n) is 2.71. The smallest absolute Gasteiger partial charge is 0.126 e. The number of halogens is 1. The number of benzene rings is 2. The molecule has 0 aliphatic rings. The van der Waals surface area contributed by atoms with Crippen LogP contribution in [0.1, 0.15) is 12.0 Å². The van der Waals surface area contributed by atoms with E-state index in [1.807, 2.05) is 18.2 Å². The van der Waals surface area contributed by atoms with Crippen molar-refractivity contribution in [3.05, 3.63) is 48.0 Å². The number of alkyl halides is 1. The second-order valence-corrected chi connectivity index (χ2v) is 4.16. The fraction of sp³-hybridized carbons (Fsp3) is 0.200. The summed E-state index contributed by atoms with van der Waals surface area (Å²) in [5.41, 5.74) is 1.12. The van der Waals surface area contributed by atoms with E-state index in [1.54, 1.807) is 7.11 Å². The number of ether oxygens (including phenoxy) is 1. The molecule has 0 fully saturated rings. The van der Waals surface area contributed by atoms with Crippen molar-refractivity contribution in [2.45, 2.75) is 6.42 Å². The van der Waals surface area contributed by atoms with Gasteiger partial charge in [-0.1, -0.05) is 42.5 Å². The highest BCUT2D eigenvalue weighted by atomic mass is 35.5. The van der Waals surface area contributed by atoms with Crippen molar-refractivity contribution in [2.75, 3.05) is 13.0 Å². The SMILES string of the molecule is COc1ccc2ccccc2c1C=CCCCl. The Morgan fingerprint density at radius 2 is 2.00 bits per heavy atom. The minimum atomic E-state index is 0.642. The molecule has 0 heterocycles. The first-order valence-electron chi connectivity index (χ1n) is 5.65. The number of hydrogen-bond acceptors (Lipinski definition) is 1. The van der Waals surface area contributed by atoms with Crippen LogP contribution in [0.15, 0.2) is 42.5 Å². The van der Waals surface area contributed by atoms with Crippen LogP contribution < -0.4 is 4.74 Å². The molecule has 2 heteroatoms. The van der Waals surface area contributed by atoms with Crippen LogP contribution >= 0.6 is 11.6 Å². The van der Waals surface area contributed by atoms with Crippen molar-refractivity contribution in [1.82, 2.24) is 0 Å². The van der Waals surface area contributed by atoms with Gasteiger partial charge in [-0.15, -0.1) is 11.6 Å². The van der Waals surface area contributed by atoms with E-state index in [-0.39, 0.29) is 0 Å². The van der Waals surface area contributed by atoms with Crippen molar-refractivity contribution in [2.24, 2.45) is 0 Å². The largest absolute Gasteiger partial charge is 0.496 e. The minimum absolute atomic E-state index is 0.642. The molecule has 0 aliphatic carbocycles. The Hall–Kier alpha value is -1.47. The fourth-order valence-electron chi connectivity index (χ4n) is 1.89. The van der Waals surface area contributed by atoms with Crippen LogP contribution in [0.25, 0.3) is 16.8 Å². The number of allylic oxidation sites excluding steroid dienone is 1. The van der Waals surface area contributed by atoms with E-state index in [4.69, 9.17) is 16.3 Å². The molecule has 0 radical (unpaired) electrons. The Morgan fingerprint density at radius 3 is 2.76 bits per heavy atom. The Balaban J connectivity index is 2.55. The zero-order valence-electron chi connectivity index (χ0n) is 9.82. The molecule has 0 bridgehead atoms. The highest BCUT2D eigenvalue weighted by molar-refractivity contribution is 6.17. The Bertz CT molecular complexity index is 531. The average molecular weight is 247 g/mol. The molecule has 0 saturated heterocycles. The summed E-state index contributed by atoms with van der Waals surface area (Å²) in [5.74, 6) is 1.54. The van der Waals surface area contributed by atoms with Crippen molar-refractivity contribution >= 4 is 28.4 Å². The van der Waals surface area contributed by atoms with Crippen LogP contribution in [0, 0.1) is 0 Å². The molecule has 0 aliphatic heterocycles. The molecule has 0 unspecified atom stereocenters. The molecule has 1 nitrogen and oxygen atoms in total. The summed E-state index contributed by atoms with van der Waals surface area (Å²) in [6, 6.07) is 12.4. The summed E-state index contributed by atoms with van der Waals surface area (Å²) in [5, 5.41) is 2.43. The Morgan fingerprint density at radius 1 is 1.18 bits per heavy atom. The molecular formula is C15H15ClO. The molecule has 0 saturated carbocycles. The minimum Gasteiger partial charge on any atom is -0.496 e. The maximum Gasteiger partial charge on any atom is 0.126 e. The van der Waals surface area contributed by atoms with Gasteiger partial charge in [-0.05, 0) is 23.3 Å². The lowest BCUT2D eigenvalue weighted by atomic mass is 10.0. The fourth-order valence-corrected chi connectivity index (χ4v) is 2.02. The van der Waals surface area contributed by atoms with Gasteiger partial charge in [0.05, 0.1) is 7.11 Å². The zero-order chi connectivity index (χ0) is 12.1. The first-order chi connectivity index (χ1) is 8.36. The van der Waals surface area contributed by atoms with Crippen molar-refractivity contribution in [3.63, 3.8) is 0 Å². The zero-order valence-corrected chi connectivity index (χ0v) is 10.6. The summed E-state index contributed by atoms with van der Waals surface area (Å²) in [7, 11) is 1.70. The van der Waals surface area contributed by atoms with Gasteiger partial charge in [0.25, 0.3) is 0 Å². The lowest BCUT2D eigenvalue weighted by Gasteiger charge is -2.08. The van der Waals surface area contributed by atoms with E-state index in [1.165, 1.54) is 10.8 Å². The predicted octanol–water partition coefficient (Wildman–Crippen LogP) is 4.49. The van der Waals surface area contributed by atoms with Gasteiger partial charge in [-0.25, -0.2) is 0 Å². The van der Waals surface area contributed by atoms with Crippen LogP contribution in [-0.2, 0) is 0 Å². The highest BCUT2D eigenvalue weighted by Crippen LogP contribution is 2.29. The molecule has 0 aromatic heterocycles. The second kappa shape index (κ2) is 5.74. The van der Waals surface area contributed by atoms with E-state index < -0.39 is 0 Å². The number of fused-ring (bicyclic) bond motifs is 1. The first-order valence-corrected chi connectivity index (χ1v) is 6.18. The third-order valence-corrected chi connectivity index (χ3v) is 2.93. The van der Waals surface area contributed by atoms with Gasteiger partial charge >= 0.3 is 0 Å². The van der Waals surface area contributed by atoms with Crippen LogP contribution in [-0.4, -0.2) is 13.0 Å². The maximum absolute atomic E-state index is 5.68. The second-order valence-electron chi connectivity index (χ2n) is 3.78. The highest BCUT2D eigenvalue weighted by Gasteiger charge is 2.04. The van der Waals surface area contributed by atoms with E-state index in [0.717, 1.165) is 17.7 Å². The van der Waals surface area contributed by atoms with Crippen LogP contribution in [0.4, 0.5) is 0 Å². The van der Waals surface area contributed by atoms with E-state index >= 15 is 0 Å². The number of methoxy groups -OCH3 is 1. The standard InChI is InChI=1S/C15H15ClO/c1-17-15-10-9-12-6-2-3-7-13(12)14(15)8-4-5-11-16/h2-4,6-10H,5,11H2,1H3. The summed E-state index contributed by atoms with van der Waals surface area (Å²) in [4.78, 5) is 0. The molecule has 0 N–H and O–H groups in total. The summed E-state index contributed by atoms with van der Waals surface area (Å²) >= 11 is 5.68. The van der Waals surface area contributed by atoms with Gasteiger partial charge in [-0.2, -0.15) is 0 Å². The van der Waals surface area contributed by atoms with Gasteiger partial charge in [0.1, 0.15) is 5.75 Å².